The Kier molecular flexibility index (Phi) is 10.2. The maximum Gasteiger partial charge on any atom is 0.326 e. The minimum Gasteiger partial charge on any atom is -0.493 e. The molecule has 0 saturated carbocycles. The van der Waals surface area contributed by atoms with Crippen LogP contribution in [0.2, 0.25) is 10.0 Å². The Hall–Kier alpha value is -4.10. The average Bonchev–Trinajstić information content (AvgIpc) is 3.41. The molecule has 5 rings (SSSR count). The van der Waals surface area contributed by atoms with Gasteiger partial charge in [-0.25, -0.2) is 4.79 Å². The Bertz CT molecular complexity index is 1640. The van der Waals surface area contributed by atoms with Gasteiger partial charge in [-0.1, -0.05) is 47.5 Å². The number of ether oxygens (including phenoxy) is 1. The Morgan fingerprint density at radius 1 is 0.957 bits per heavy atom. The lowest BCUT2D eigenvalue weighted by atomic mass is 9.93. The van der Waals surface area contributed by atoms with Crippen LogP contribution in [0.1, 0.15) is 62.0 Å². The van der Waals surface area contributed by atoms with E-state index in [1.165, 1.54) is 0 Å². The first kappa shape index (κ1) is 33.3. The maximum atomic E-state index is 14.7. The SMILES string of the molecule is CCOc1cc(C#N)ccc1C1=N[C@@H](c2ccc(Cl)cc2)[C@@H](c2ccc(Cl)cc2)N1C(=O)N1CCN(CC(=O)NC(C)(C)C)CC1. The van der Waals surface area contributed by atoms with Crippen molar-refractivity contribution >= 4 is 41.0 Å². The molecule has 2 aliphatic rings. The lowest BCUT2D eigenvalue weighted by Crippen LogP contribution is -2.56. The summed E-state index contributed by atoms with van der Waals surface area (Å²) in [6.45, 7) is 10.4. The van der Waals surface area contributed by atoms with Gasteiger partial charge in [0.15, 0.2) is 0 Å². The van der Waals surface area contributed by atoms with E-state index in [1.54, 1.807) is 23.1 Å². The first-order chi connectivity index (χ1) is 22.0. The van der Waals surface area contributed by atoms with Crippen molar-refractivity contribution in [1.82, 2.24) is 20.0 Å². The molecule has 0 spiro atoms. The van der Waals surface area contributed by atoms with E-state index in [1.807, 2.05) is 81.1 Å². The molecule has 2 aliphatic heterocycles. The third kappa shape index (κ3) is 7.64. The fourth-order valence-electron chi connectivity index (χ4n) is 5.82. The van der Waals surface area contributed by atoms with Crippen LogP contribution in [0.25, 0.3) is 0 Å². The summed E-state index contributed by atoms with van der Waals surface area (Å²) in [5.74, 6) is 0.878. The van der Waals surface area contributed by atoms with Crippen LogP contribution < -0.4 is 10.1 Å². The Labute approximate surface area is 280 Å². The Morgan fingerprint density at radius 2 is 1.57 bits per heavy atom. The number of urea groups is 1. The van der Waals surface area contributed by atoms with Crippen molar-refractivity contribution < 1.29 is 14.3 Å². The predicted molar refractivity (Wildman–Crippen MR) is 180 cm³/mol. The summed E-state index contributed by atoms with van der Waals surface area (Å²) in [6, 6.07) is 21.1. The standard InChI is InChI=1S/C35H38Cl2N6O3/c1-5-46-29-20-23(21-38)6-15-28(29)33-39-31(24-7-11-26(36)12-8-24)32(25-9-13-27(37)14-10-25)43(33)34(45)42-18-16-41(17-19-42)22-30(44)40-35(2,3)4/h6-15,20,31-32H,5,16-19,22H2,1-4H3,(H,40,44)/t31-,32+/m0/s1. The summed E-state index contributed by atoms with van der Waals surface area (Å²) < 4.78 is 6.00. The number of aliphatic imine (C=N–C) groups is 1. The zero-order chi connectivity index (χ0) is 33.0. The van der Waals surface area contributed by atoms with Gasteiger partial charge in [0.1, 0.15) is 17.6 Å². The van der Waals surface area contributed by atoms with Crippen molar-refractivity contribution in [3.05, 3.63) is 99.0 Å². The van der Waals surface area contributed by atoms with Crippen LogP contribution in [-0.2, 0) is 4.79 Å². The number of hydrogen-bond acceptors (Lipinski definition) is 6. The molecule has 3 aromatic carbocycles. The molecule has 1 fully saturated rings. The van der Waals surface area contributed by atoms with E-state index in [4.69, 9.17) is 32.9 Å². The summed E-state index contributed by atoms with van der Waals surface area (Å²) >= 11 is 12.6. The summed E-state index contributed by atoms with van der Waals surface area (Å²) in [6.07, 6.45) is 0. The van der Waals surface area contributed by atoms with Crippen molar-refractivity contribution in [3.63, 3.8) is 0 Å². The summed E-state index contributed by atoms with van der Waals surface area (Å²) in [4.78, 5) is 38.1. The highest BCUT2D eigenvalue weighted by Crippen LogP contribution is 2.45. The molecule has 3 aromatic rings. The minimum absolute atomic E-state index is 0.0425. The zero-order valence-electron chi connectivity index (χ0n) is 26.5. The molecule has 1 N–H and O–H groups in total. The van der Waals surface area contributed by atoms with E-state index >= 15 is 0 Å². The zero-order valence-corrected chi connectivity index (χ0v) is 28.0. The molecule has 0 radical (unpaired) electrons. The number of carbonyl (C=O) groups is 2. The van der Waals surface area contributed by atoms with Gasteiger partial charge in [-0.2, -0.15) is 5.26 Å². The molecule has 46 heavy (non-hydrogen) atoms. The van der Waals surface area contributed by atoms with E-state index in [0.29, 0.717) is 65.5 Å². The first-order valence-corrected chi connectivity index (χ1v) is 16.1. The number of carbonyl (C=O) groups excluding carboxylic acids is 2. The van der Waals surface area contributed by atoms with Gasteiger partial charge in [-0.3, -0.25) is 19.6 Å². The second kappa shape index (κ2) is 14.1. The topological polar surface area (TPSA) is 101 Å². The molecule has 2 atom stereocenters. The van der Waals surface area contributed by atoms with Gasteiger partial charge in [-0.05, 0) is 81.3 Å². The van der Waals surface area contributed by atoms with E-state index in [2.05, 4.69) is 16.3 Å². The molecule has 0 unspecified atom stereocenters. The van der Waals surface area contributed by atoms with Crippen LogP contribution in [0.15, 0.2) is 71.7 Å². The molecular weight excluding hydrogens is 623 g/mol. The summed E-state index contributed by atoms with van der Waals surface area (Å²) in [5.41, 5.74) is 2.49. The first-order valence-electron chi connectivity index (χ1n) is 15.3. The van der Waals surface area contributed by atoms with Gasteiger partial charge in [0, 0.05) is 41.8 Å². The number of halogens is 2. The summed E-state index contributed by atoms with van der Waals surface area (Å²) in [5, 5.41) is 13.8. The van der Waals surface area contributed by atoms with Crippen molar-refractivity contribution in [1.29, 1.82) is 5.26 Å². The largest absolute Gasteiger partial charge is 0.493 e. The van der Waals surface area contributed by atoms with Crippen LogP contribution in [0.4, 0.5) is 4.79 Å². The van der Waals surface area contributed by atoms with Crippen molar-refractivity contribution in [2.45, 2.75) is 45.3 Å². The predicted octanol–water partition coefficient (Wildman–Crippen LogP) is 6.46. The van der Waals surface area contributed by atoms with Gasteiger partial charge in [0.05, 0.1) is 36.4 Å². The molecule has 2 heterocycles. The van der Waals surface area contributed by atoms with E-state index in [0.717, 1.165) is 11.1 Å². The second-order valence-corrected chi connectivity index (χ2v) is 13.3. The monoisotopic (exact) mass is 660 g/mol. The van der Waals surface area contributed by atoms with Gasteiger partial charge in [-0.15, -0.1) is 0 Å². The molecule has 240 valence electrons. The molecular formula is C35H38Cl2N6O3. The molecule has 3 amide bonds. The van der Waals surface area contributed by atoms with Crippen LogP contribution >= 0.6 is 23.2 Å². The highest BCUT2D eigenvalue weighted by molar-refractivity contribution is 6.30. The minimum atomic E-state index is -0.512. The number of nitrogens with zero attached hydrogens (tertiary/aromatic N) is 5. The number of benzene rings is 3. The van der Waals surface area contributed by atoms with Crippen molar-refractivity contribution in [2.24, 2.45) is 4.99 Å². The summed E-state index contributed by atoms with van der Waals surface area (Å²) in [7, 11) is 0. The van der Waals surface area contributed by atoms with Crippen LogP contribution in [0, 0.1) is 11.3 Å². The van der Waals surface area contributed by atoms with Gasteiger partial charge < -0.3 is 15.0 Å². The van der Waals surface area contributed by atoms with Crippen LogP contribution in [0.5, 0.6) is 5.75 Å². The number of amidine groups is 1. The number of hydrogen-bond donors (Lipinski definition) is 1. The number of rotatable bonds is 7. The molecule has 0 bridgehead atoms. The lowest BCUT2D eigenvalue weighted by Gasteiger charge is -2.39. The normalized spacial score (nSPS) is 18.6. The number of amides is 3. The molecule has 0 aromatic heterocycles. The fraction of sp³-hybridized carbons (Fsp3) is 0.371. The highest BCUT2D eigenvalue weighted by Gasteiger charge is 2.45. The van der Waals surface area contributed by atoms with Crippen LogP contribution in [0.3, 0.4) is 0 Å². The third-order valence-electron chi connectivity index (χ3n) is 7.87. The Balaban J connectivity index is 1.54. The van der Waals surface area contributed by atoms with Crippen LogP contribution in [-0.4, -0.2) is 77.3 Å². The molecule has 11 heteroatoms. The fourth-order valence-corrected chi connectivity index (χ4v) is 6.07. The van der Waals surface area contributed by atoms with E-state index in [-0.39, 0.29) is 24.0 Å². The van der Waals surface area contributed by atoms with E-state index in [9.17, 15) is 14.9 Å². The van der Waals surface area contributed by atoms with E-state index < -0.39 is 12.1 Å². The Morgan fingerprint density at radius 3 is 2.13 bits per heavy atom. The smallest absolute Gasteiger partial charge is 0.326 e. The molecule has 0 aliphatic carbocycles. The second-order valence-electron chi connectivity index (χ2n) is 12.4. The number of nitrogens with one attached hydrogen (secondary N) is 1. The van der Waals surface area contributed by atoms with Crippen molar-refractivity contribution in [3.8, 4) is 11.8 Å². The molecule has 9 nitrogen and oxygen atoms in total. The maximum absolute atomic E-state index is 14.7. The average molecular weight is 662 g/mol. The quantitative estimate of drug-likeness (QED) is 0.313. The number of nitriles is 1. The van der Waals surface area contributed by atoms with Gasteiger partial charge in [0.25, 0.3) is 0 Å². The highest BCUT2D eigenvalue weighted by atomic mass is 35.5. The van der Waals surface area contributed by atoms with Gasteiger partial charge >= 0.3 is 6.03 Å². The third-order valence-corrected chi connectivity index (χ3v) is 8.38. The lowest BCUT2D eigenvalue weighted by molar-refractivity contribution is -0.124. The molecule has 1 saturated heterocycles. The number of piperazine rings is 1. The van der Waals surface area contributed by atoms with Crippen molar-refractivity contribution in [2.75, 3.05) is 39.3 Å². The van der Waals surface area contributed by atoms with Gasteiger partial charge in [0.2, 0.25) is 5.91 Å².